The summed E-state index contributed by atoms with van der Waals surface area (Å²) in [7, 11) is 1.59. The molecule has 1 heterocycles. The molecule has 0 aliphatic rings. The highest BCUT2D eigenvalue weighted by atomic mass is 79.9. The van der Waals surface area contributed by atoms with Gasteiger partial charge in [-0.25, -0.2) is 0 Å². The summed E-state index contributed by atoms with van der Waals surface area (Å²) in [6.07, 6.45) is 1.75. The van der Waals surface area contributed by atoms with E-state index < -0.39 is 0 Å². The molecule has 0 atom stereocenters. The summed E-state index contributed by atoms with van der Waals surface area (Å²) in [5.41, 5.74) is 0.850. The minimum Gasteiger partial charge on any atom is -0.496 e. The molecule has 0 saturated heterocycles. The van der Waals surface area contributed by atoms with Gasteiger partial charge in [0.1, 0.15) is 5.75 Å². The van der Waals surface area contributed by atoms with Crippen molar-refractivity contribution >= 4 is 21.7 Å². The van der Waals surface area contributed by atoms with Crippen molar-refractivity contribution in [1.29, 1.82) is 0 Å². The number of halogens is 1. The molecule has 1 aromatic heterocycles. The van der Waals surface area contributed by atoms with E-state index in [0.717, 1.165) is 5.56 Å². The molecule has 0 radical (unpaired) electrons. The molecule has 0 N–H and O–H groups in total. The van der Waals surface area contributed by atoms with Gasteiger partial charge in [-0.05, 0) is 28.1 Å². The first-order valence-corrected chi connectivity index (χ1v) is 5.89. The lowest BCUT2D eigenvalue weighted by molar-refractivity contribution is 0.0964. The quantitative estimate of drug-likeness (QED) is 0.811. The van der Waals surface area contributed by atoms with Crippen molar-refractivity contribution in [2.45, 2.75) is 6.42 Å². The molecule has 0 bridgehead atoms. The van der Waals surface area contributed by atoms with Gasteiger partial charge < -0.3 is 9.15 Å². The predicted molar refractivity (Wildman–Crippen MR) is 67.4 cm³/mol. The van der Waals surface area contributed by atoms with Crippen molar-refractivity contribution in [1.82, 2.24) is 0 Å². The monoisotopic (exact) mass is 294 g/mol. The van der Waals surface area contributed by atoms with Crippen LogP contribution in [0.4, 0.5) is 0 Å². The molecule has 0 saturated carbocycles. The topological polar surface area (TPSA) is 39.4 Å². The maximum atomic E-state index is 12.0. The zero-order chi connectivity index (χ0) is 12.3. The zero-order valence-corrected chi connectivity index (χ0v) is 10.9. The standard InChI is InChI=1S/C13H11BrO3/c1-16-12-5-3-2-4-9(12)8-11(15)13-10(14)6-7-17-13/h2-7H,8H2,1H3. The van der Waals surface area contributed by atoms with Gasteiger partial charge in [0, 0.05) is 12.0 Å². The molecule has 17 heavy (non-hydrogen) atoms. The highest BCUT2D eigenvalue weighted by Crippen LogP contribution is 2.23. The van der Waals surface area contributed by atoms with Crippen molar-refractivity contribution in [3.63, 3.8) is 0 Å². The highest BCUT2D eigenvalue weighted by Gasteiger charge is 2.16. The lowest BCUT2D eigenvalue weighted by Crippen LogP contribution is -2.04. The van der Waals surface area contributed by atoms with Gasteiger partial charge >= 0.3 is 0 Å². The number of ketones is 1. The molecule has 0 aliphatic heterocycles. The Labute approximate surface area is 108 Å². The van der Waals surface area contributed by atoms with E-state index in [0.29, 0.717) is 16.0 Å². The molecule has 0 unspecified atom stereocenters. The number of carbonyl (C=O) groups is 1. The number of ether oxygens (including phenoxy) is 1. The van der Waals surface area contributed by atoms with Crippen LogP contribution in [0.5, 0.6) is 5.75 Å². The first-order chi connectivity index (χ1) is 8.22. The molecule has 0 aliphatic carbocycles. The van der Waals surface area contributed by atoms with Crippen LogP contribution < -0.4 is 4.74 Å². The predicted octanol–water partition coefficient (Wildman–Crippen LogP) is 3.48. The van der Waals surface area contributed by atoms with Crippen LogP contribution in [-0.2, 0) is 6.42 Å². The van der Waals surface area contributed by atoms with Crippen LogP contribution in [0.25, 0.3) is 0 Å². The maximum Gasteiger partial charge on any atom is 0.203 e. The minimum absolute atomic E-state index is 0.0774. The lowest BCUT2D eigenvalue weighted by Gasteiger charge is -2.06. The largest absolute Gasteiger partial charge is 0.496 e. The summed E-state index contributed by atoms with van der Waals surface area (Å²) in [6.45, 7) is 0. The van der Waals surface area contributed by atoms with Crippen LogP contribution in [0, 0.1) is 0 Å². The van der Waals surface area contributed by atoms with Gasteiger partial charge in [0.05, 0.1) is 17.8 Å². The molecule has 88 valence electrons. The van der Waals surface area contributed by atoms with E-state index in [1.54, 1.807) is 13.2 Å². The van der Waals surface area contributed by atoms with Gasteiger partial charge in [-0.3, -0.25) is 4.79 Å². The van der Waals surface area contributed by atoms with E-state index in [9.17, 15) is 4.79 Å². The number of carbonyl (C=O) groups excluding carboxylic acids is 1. The summed E-state index contributed by atoms with van der Waals surface area (Å²) in [5.74, 6) is 0.978. The third-order valence-corrected chi connectivity index (χ3v) is 3.04. The molecule has 0 amide bonds. The number of benzene rings is 1. The van der Waals surface area contributed by atoms with Crippen molar-refractivity contribution in [3.8, 4) is 5.75 Å². The average Bonchev–Trinajstić information content (AvgIpc) is 2.76. The van der Waals surface area contributed by atoms with E-state index in [1.807, 2.05) is 24.3 Å². The first kappa shape index (κ1) is 11.9. The van der Waals surface area contributed by atoms with Crippen LogP contribution in [0.3, 0.4) is 0 Å². The van der Waals surface area contributed by atoms with Crippen LogP contribution in [0.2, 0.25) is 0 Å². The summed E-state index contributed by atoms with van der Waals surface area (Å²) in [6, 6.07) is 9.15. The second-order valence-electron chi connectivity index (χ2n) is 3.51. The Morgan fingerprint density at radius 1 is 1.35 bits per heavy atom. The van der Waals surface area contributed by atoms with E-state index in [1.165, 1.54) is 6.26 Å². The number of methoxy groups -OCH3 is 1. The zero-order valence-electron chi connectivity index (χ0n) is 9.27. The SMILES string of the molecule is COc1ccccc1CC(=O)c1occc1Br. The van der Waals surface area contributed by atoms with Crippen LogP contribution >= 0.6 is 15.9 Å². The smallest absolute Gasteiger partial charge is 0.203 e. The Balaban J connectivity index is 2.22. The van der Waals surface area contributed by atoms with Gasteiger partial charge in [-0.2, -0.15) is 0 Å². The second kappa shape index (κ2) is 5.19. The molecular weight excluding hydrogens is 284 g/mol. The first-order valence-electron chi connectivity index (χ1n) is 5.10. The van der Waals surface area contributed by atoms with Gasteiger partial charge in [0.25, 0.3) is 0 Å². The van der Waals surface area contributed by atoms with Crippen LogP contribution in [0.1, 0.15) is 16.1 Å². The Hall–Kier alpha value is -1.55. The molecule has 3 nitrogen and oxygen atoms in total. The number of rotatable bonds is 4. The Bertz CT molecular complexity index is 531. The van der Waals surface area contributed by atoms with Gasteiger partial charge in [-0.15, -0.1) is 0 Å². The molecule has 0 spiro atoms. The minimum atomic E-state index is -0.0774. The summed E-state index contributed by atoms with van der Waals surface area (Å²) in [5, 5.41) is 0. The summed E-state index contributed by atoms with van der Waals surface area (Å²) >= 11 is 3.27. The van der Waals surface area contributed by atoms with Crippen LogP contribution in [0.15, 0.2) is 45.5 Å². The van der Waals surface area contributed by atoms with E-state index in [-0.39, 0.29) is 12.2 Å². The number of para-hydroxylation sites is 1. The fourth-order valence-electron chi connectivity index (χ4n) is 1.59. The van der Waals surface area contributed by atoms with Gasteiger partial charge in [0.15, 0.2) is 5.76 Å². The molecule has 1 aromatic carbocycles. The number of Topliss-reactive ketones (excluding diaryl/α,β-unsaturated/α-hetero) is 1. The molecular formula is C13H11BrO3. The van der Waals surface area contributed by atoms with E-state index >= 15 is 0 Å². The van der Waals surface area contributed by atoms with Crippen molar-refractivity contribution < 1.29 is 13.9 Å². The van der Waals surface area contributed by atoms with E-state index in [2.05, 4.69) is 15.9 Å². The second-order valence-corrected chi connectivity index (χ2v) is 4.36. The highest BCUT2D eigenvalue weighted by molar-refractivity contribution is 9.10. The molecule has 2 rings (SSSR count). The van der Waals surface area contributed by atoms with Crippen molar-refractivity contribution in [2.75, 3.05) is 7.11 Å². The third-order valence-electron chi connectivity index (χ3n) is 2.41. The average molecular weight is 295 g/mol. The lowest BCUT2D eigenvalue weighted by atomic mass is 10.1. The summed E-state index contributed by atoms with van der Waals surface area (Å²) < 4.78 is 11.0. The summed E-state index contributed by atoms with van der Waals surface area (Å²) in [4.78, 5) is 12.0. The fourth-order valence-corrected chi connectivity index (χ4v) is 2.02. The molecule has 2 aromatic rings. The number of furan rings is 1. The Morgan fingerprint density at radius 3 is 2.76 bits per heavy atom. The number of hydrogen-bond donors (Lipinski definition) is 0. The van der Waals surface area contributed by atoms with Crippen LogP contribution in [-0.4, -0.2) is 12.9 Å². The number of hydrogen-bond acceptors (Lipinski definition) is 3. The van der Waals surface area contributed by atoms with Gasteiger partial charge in [-0.1, -0.05) is 18.2 Å². The van der Waals surface area contributed by atoms with Crippen molar-refractivity contribution in [3.05, 3.63) is 52.4 Å². The van der Waals surface area contributed by atoms with Gasteiger partial charge in [0.2, 0.25) is 5.78 Å². The molecule has 0 fully saturated rings. The molecule has 4 heteroatoms. The maximum absolute atomic E-state index is 12.0. The Kier molecular flexibility index (Phi) is 3.64. The third kappa shape index (κ3) is 2.58. The Morgan fingerprint density at radius 2 is 2.12 bits per heavy atom. The fraction of sp³-hybridized carbons (Fsp3) is 0.154. The van der Waals surface area contributed by atoms with Crippen molar-refractivity contribution in [2.24, 2.45) is 0 Å². The normalized spacial score (nSPS) is 10.2. The van der Waals surface area contributed by atoms with E-state index in [4.69, 9.17) is 9.15 Å².